The van der Waals surface area contributed by atoms with Gasteiger partial charge in [0.05, 0.1) is 6.10 Å². The SMILES string of the molecule is CC(C)(C)[Si](C)(C)O[C@@H]1CC(=O)C(C/C=C\CCCC(=O)O)[C@H]1/C=C/c1ccccc1. The maximum Gasteiger partial charge on any atom is 0.303 e. The van der Waals surface area contributed by atoms with Crippen LogP contribution in [0, 0.1) is 11.8 Å². The van der Waals surface area contributed by atoms with Crippen LogP contribution in [0.2, 0.25) is 18.1 Å². The number of Topliss-reactive ketones (excluding diaryl/α,β-unsaturated/α-hetero) is 1. The first-order valence-corrected chi connectivity index (χ1v) is 14.2. The lowest BCUT2D eigenvalue weighted by atomic mass is 9.90. The molecule has 0 spiro atoms. The summed E-state index contributed by atoms with van der Waals surface area (Å²) in [7, 11) is -2.00. The second-order valence-electron chi connectivity index (χ2n) is 10.0. The smallest absolute Gasteiger partial charge is 0.303 e. The molecule has 0 bridgehead atoms. The zero-order valence-corrected chi connectivity index (χ0v) is 20.6. The van der Waals surface area contributed by atoms with E-state index in [1.165, 1.54) is 0 Å². The van der Waals surface area contributed by atoms with Crippen molar-refractivity contribution in [2.24, 2.45) is 11.8 Å². The molecule has 1 aliphatic rings. The van der Waals surface area contributed by atoms with Gasteiger partial charge in [-0.25, -0.2) is 0 Å². The highest BCUT2D eigenvalue weighted by atomic mass is 28.4. The monoisotopic (exact) mass is 442 g/mol. The van der Waals surface area contributed by atoms with Gasteiger partial charge in [-0.2, -0.15) is 0 Å². The minimum Gasteiger partial charge on any atom is -0.481 e. The second-order valence-corrected chi connectivity index (χ2v) is 14.8. The van der Waals surface area contributed by atoms with E-state index in [1.54, 1.807) is 0 Å². The van der Waals surface area contributed by atoms with E-state index in [0.29, 0.717) is 19.3 Å². The molecule has 1 saturated carbocycles. The number of aliphatic carboxylic acids is 1. The van der Waals surface area contributed by atoms with E-state index in [2.05, 4.69) is 58.2 Å². The number of carbonyl (C=O) groups excluding carboxylic acids is 1. The van der Waals surface area contributed by atoms with E-state index in [1.807, 2.05) is 30.4 Å². The van der Waals surface area contributed by atoms with Crippen LogP contribution in [0.4, 0.5) is 0 Å². The lowest BCUT2D eigenvalue weighted by Gasteiger charge is -2.39. The van der Waals surface area contributed by atoms with Crippen LogP contribution in [-0.4, -0.2) is 31.3 Å². The fourth-order valence-electron chi connectivity index (χ4n) is 3.70. The molecule has 0 heterocycles. The van der Waals surface area contributed by atoms with Crippen molar-refractivity contribution in [3.63, 3.8) is 0 Å². The van der Waals surface area contributed by atoms with Gasteiger partial charge in [0, 0.05) is 24.7 Å². The fourth-order valence-corrected chi connectivity index (χ4v) is 5.05. The van der Waals surface area contributed by atoms with Crippen LogP contribution in [0.15, 0.2) is 48.6 Å². The number of carbonyl (C=O) groups is 2. The van der Waals surface area contributed by atoms with E-state index in [-0.39, 0.29) is 35.2 Å². The zero-order chi connectivity index (χ0) is 23.1. The molecule has 170 valence electrons. The molecular weight excluding hydrogens is 404 g/mol. The first-order valence-electron chi connectivity index (χ1n) is 11.3. The van der Waals surface area contributed by atoms with Gasteiger partial charge in [0.1, 0.15) is 5.78 Å². The van der Waals surface area contributed by atoms with Crippen LogP contribution in [0.1, 0.15) is 58.4 Å². The van der Waals surface area contributed by atoms with E-state index in [4.69, 9.17) is 9.53 Å². The summed E-state index contributed by atoms with van der Waals surface area (Å²) in [6, 6.07) is 10.2. The average molecular weight is 443 g/mol. The minimum atomic E-state index is -2.00. The molecule has 5 heteroatoms. The van der Waals surface area contributed by atoms with Crippen LogP contribution in [0.25, 0.3) is 6.08 Å². The third-order valence-electron chi connectivity index (χ3n) is 6.59. The Labute approximate surface area is 188 Å². The van der Waals surface area contributed by atoms with Gasteiger partial charge in [0.25, 0.3) is 0 Å². The van der Waals surface area contributed by atoms with Crippen LogP contribution in [-0.2, 0) is 14.0 Å². The molecule has 31 heavy (non-hydrogen) atoms. The molecule has 1 aromatic carbocycles. The molecule has 0 amide bonds. The molecule has 4 nitrogen and oxygen atoms in total. The van der Waals surface area contributed by atoms with Crippen LogP contribution in [0.5, 0.6) is 0 Å². The number of allylic oxidation sites excluding steroid dienone is 2. The maximum absolute atomic E-state index is 12.9. The highest BCUT2D eigenvalue weighted by Gasteiger charge is 2.46. The third-order valence-corrected chi connectivity index (χ3v) is 11.1. The van der Waals surface area contributed by atoms with Crippen molar-refractivity contribution < 1.29 is 19.1 Å². The molecule has 0 radical (unpaired) electrons. The first kappa shape index (κ1) is 25.3. The average Bonchev–Trinajstić information content (AvgIpc) is 2.96. The number of hydrogen-bond acceptors (Lipinski definition) is 3. The van der Waals surface area contributed by atoms with E-state index >= 15 is 0 Å². The standard InChI is InChI=1S/C26H38O4Si/c1-26(2,3)31(4,5)30-24-19-23(27)21(15-11-6-7-12-16-25(28)29)22(24)18-17-20-13-9-8-10-14-20/h6,8-11,13-14,17-18,21-22,24H,7,12,15-16,19H2,1-5H3,(H,28,29)/b11-6-,18-17+/t21?,22-,24-/m1/s1. The van der Waals surface area contributed by atoms with Crippen LogP contribution in [0.3, 0.4) is 0 Å². The number of ketones is 1. The van der Waals surface area contributed by atoms with E-state index < -0.39 is 14.3 Å². The van der Waals surface area contributed by atoms with Gasteiger partial charge in [-0.1, -0.05) is 75.4 Å². The summed E-state index contributed by atoms with van der Waals surface area (Å²) in [5.41, 5.74) is 1.12. The number of rotatable bonds is 10. The summed E-state index contributed by atoms with van der Waals surface area (Å²) in [6.07, 6.45) is 10.9. The van der Waals surface area contributed by atoms with Crippen LogP contribution < -0.4 is 0 Å². The van der Waals surface area contributed by atoms with Crippen molar-refractivity contribution in [1.82, 2.24) is 0 Å². The van der Waals surface area contributed by atoms with Crippen molar-refractivity contribution >= 4 is 26.1 Å². The molecule has 1 fully saturated rings. The van der Waals surface area contributed by atoms with Crippen molar-refractivity contribution in [2.45, 2.75) is 77.1 Å². The Balaban J connectivity index is 2.15. The van der Waals surface area contributed by atoms with Gasteiger partial charge < -0.3 is 9.53 Å². The Bertz CT molecular complexity index is 789. The predicted molar refractivity (Wildman–Crippen MR) is 129 cm³/mol. The third kappa shape index (κ3) is 7.58. The second kappa shape index (κ2) is 11.1. The first-order chi connectivity index (χ1) is 14.5. The quantitative estimate of drug-likeness (QED) is 0.255. The van der Waals surface area contributed by atoms with Crippen molar-refractivity contribution in [3.05, 3.63) is 54.1 Å². The number of benzene rings is 1. The maximum atomic E-state index is 12.9. The molecule has 1 unspecified atom stereocenters. The Morgan fingerprint density at radius 2 is 1.87 bits per heavy atom. The fraction of sp³-hybridized carbons (Fsp3) is 0.538. The summed E-state index contributed by atoms with van der Waals surface area (Å²) in [6.45, 7) is 11.2. The topological polar surface area (TPSA) is 63.6 Å². The summed E-state index contributed by atoms with van der Waals surface area (Å²) in [5.74, 6) is -0.548. The Hall–Kier alpha value is -1.98. The Morgan fingerprint density at radius 1 is 1.19 bits per heavy atom. The largest absolute Gasteiger partial charge is 0.481 e. The number of hydrogen-bond donors (Lipinski definition) is 1. The number of unbranched alkanes of at least 4 members (excludes halogenated alkanes) is 1. The molecule has 2 rings (SSSR count). The summed E-state index contributed by atoms with van der Waals surface area (Å²) >= 11 is 0. The van der Waals surface area contributed by atoms with E-state index in [0.717, 1.165) is 12.0 Å². The van der Waals surface area contributed by atoms with Gasteiger partial charge in [0.2, 0.25) is 0 Å². The Morgan fingerprint density at radius 3 is 2.48 bits per heavy atom. The molecule has 1 aliphatic carbocycles. The van der Waals surface area contributed by atoms with Gasteiger partial charge >= 0.3 is 5.97 Å². The number of carboxylic acids is 1. The summed E-state index contributed by atoms with van der Waals surface area (Å²) in [4.78, 5) is 23.6. The van der Waals surface area contributed by atoms with Gasteiger partial charge in [0.15, 0.2) is 8.32 Å². The predicted octanol–water partition coefficient (Wildman–Crippen LogP) is 6.50. The van der Waals surface area contributed by atoms with Gasteiger partial charge in [-0.05, 0) is 43.0 Å². The minimum absolute atomic E-state index is 0.0468. The normalized spacial score (nSPS) is 22.6. The summed E-state index contributed by atoms with van der Waals surface area (Å²) in [5, 5.41) is 8.85. The molecule has 1 aromatic rings. The summed E-state index contributed by atoms with van der Waals surface area (Å²) < 4.78 is 6.71. The molecule has 0 aliphatic heterocycles. The molecular formula is C26H38O4Si. The Kier molecular flexibility index (Phi) is 9.01. The van der Waals surface area contributed by atoms with Crippen molar-refractivity contribution in [1.29, 1.82) is 0 Å². The number of carboxylic acid groups (broad SMARTS) is 1. The lowest BCUT2D eigenvalue weighted by Crippen LogP contribution is -2.45. The lowest BCUT2D eigenvalue weighted by molar-refractivity contribution is -0.137. The molecule has 0 aromatic heterocycles. The van der Waals surface area contributed by atoms with Gasteiger partial charge in [-0.3, -0.25) is 9.59 Å². The van der Waals surface area contributed by atoms with E-state index in [9.17, 15) is 9.59 Å². The van der Waals surface area contributed by atoms with Crippen molar-refractivity contribution in [3.8, 4) is 0 Å². The van der Waals surface area contributed by atoms with Crippen molar-refractivity contribution in [2.75, 3.05) is 0 Å². The zero-order valence-electron chi connectivity index (χ0n) is 19.6. The molecule has 3 atom stereocenters. The highest BCUT2D eigenvalue weighted by molar-refractivity contribution is 6.74. The molecule has 1 N–H and O–H groups in total. The molecule has 0 saturated heterocycles. The highest BCUT2D eigenvalue weighted by Crippen LogP contribution is 2.43. The van der Waals surface area contributed by atoms with Crippen LogP contribution >= 0.6 is 0 Å². The van der Waals surface area contributed by atoms with Gasteiger partial charge in [-0.15, -0.1) is 0 Å².